The molecule has 1 aromatic carbocycles. The number of hydrogen-bond donors (Lipinski definition) is 1. The van der Waals surface area contributed by atoms with Crippen LogP contribution in [0.5, 0.6) is 0 Å². The summed E-state index contributed by atoms with van der Waals surface area (Å²) in [6, 6.07) is 9.42. The highest BCUT2D eigenvalue weighted by Crippen LogP contribution is 2.08. The van der Waals surface area contributed by atoms with Gasteiger partial charge in [-0.1, -0.05) is 12.1 Å². The molecule has 40 valence electrons. The first kappa shape index (κ1) is 5.70. The van der Waals surface area contributed by atoms with Crippen molar-refractivity contribution in [3.8, 4) is 0 Å². The SMILES string of the molecule is Cc1cc[c][c]c1S. The van der Waals surface area contributed by atoms with Gasteiger partial charge >= 0.3 is 0 Å². The van der Waals surface area contributed by atoms with Crippen molar-refractivity contribution in [3.63, 3.8) is 0 Å². The molecule has 0 amide bonds. The van der Waals surface area contributed by atoms with Gasteiger partial charge in [-0.2, -0.15) is 0 Å². The van der Waals surface area contributed by atoms with Crippen LogP contribution in [0.2, 0.25) is 0 Å². The Labute approximate surface area is 55.0 Å². The average molecular weight is 122 g/mol. The van der Waals surface area contributed by atoms with Gasteiger partial charge in [0.25, 0.3) is 0 Å². The molecule has 0 nitrogen and oxygen atoms in total. The first-order valence-electron chi connectivity index (χ1n) is 2.38. The summed E-state index contributed by atoms with van der Waals surface area (Å²) >= 11 is 4.11. The zero-order valence-corrected chi connectivity index (χ0v) is 5.50. The van der Waals surface area contributed by atoms with Crippen molar-refractivity contribution in [2.24, 2.45) is 0 Å². The van der Waals surface area contributed by atoms with E-state index in [0.29, 0.717) is 0 Å². The van der Waals surface area contributed by atoms with Gasteiger partial charge in [0.15, 0.2) is 0 Å². The van der Waals surface area contributed by atoms with Crippen molar-refractivity contribution in [1.29, 1.82) is 0 Å². The molecule has 1 rings (SSSR count). The number of rotatable bonds is 0. The molecule has 1 aromatic rings. The number of benzene rings is 1. The van der Waals surface area contributed by atoms with E-state index in [0.717, 1.165) is 10.5 Å². The maximum absolute atomic E-state index is 4.11. The van der Waals surface area contributed by atoms with E-state index in [2.05, 4.69) is 24.8 Å². The van der Waals surface area contributed by atoms with Crippen LogP contribution >= 0.6 is 12.6 Å². The second-order valence-corrected chi connectivity index (χ2v) is 2.08. The van der Waals surface area contributed by atoms with Crippen LogP contribution in [0.15, 0.2) is 17.0 Å². The molecule has 0 aliphatic rings. The van der Waals surface area contributed by atoms with Gasteiger partial charge in [0, 0.05) is 11.0 Å². The standard InChI is InChI=1S/C7H6S/c1-6-4-2-3-5-7(6)8/h2,4,8H,1H3. The highest BCUT2D eigenvalue weighted by molar-refractivity contribution is 7.80. The summed E-state index contributed by atoms with van der Waals surface area (Å²) in [5.41, 5.74) is 1.15. The first-order valence-corrected chi connectivity index (χ1v) is 2.83. The summed E-state index contributed by atoms with van der Waals surface area (Å²) in [4.78, 5) is 0.882. The normalized spacial score (nSPS) is 9.25. The summed E-state index contributed by atoms with van der Waals surface area (Å²) in [7, 11) is 0. The maximum Gasteiger partial charge on any atom is 0.0155 e. The van der Waals surface area contributed by atoms with Gasteiger partial charge in [-0.15, -0.1) is 12.6 Å². The zero-order valence-electron chi connectivity index (χ0n) is 4.60. The molecule has 0 bridgehead atoms. The largest absolute Gasteiger partial charge is 0.142 e. The molecule has 0 aliphatic heterocycles. The summed E-state index contributed by atoms with van der Waals surface area (Å²) < 4.78 is 0. The van der Waals surface area contributed by atoms with Crippen LogP contribution in [0.1, 0.15) is 5.56 Å². The Morgan fingerprint density at radius 3 is 2.75 bits per heavy atom. The van der Waals surface area contributed by atoms with Gasteiger partial charge in [0.05, 0.1) is 0 Å². The summed E-state index contributed by atoms with van der Waals surface area (Å²) in [5, 5.41) is 0. The lowest BCUT2D eigenvalue weighted by molar-refractivity contribution is 1.30. The lowest BCUT2D eigenvalue weighted by atomic mass is 10.2. The van der Waals surface area contributed by atoms with E-state index in [-0.39, 0.29) is 0 Å². The molecule has 0 fully saturated rings. The van der Waals surface area contributed by atoms with E-state index >= 15 is 0 Å². The molecule has 0 unspecified atom stereocenters. The van der Waals surface area contributed by atoms with Crippen molar-refractivity contribution in [1.82, 2.24) is 0 Å². The fourth-order valence-corrected chi connectivity index (χ4v) is 0.593. The van der Waals surface area contributed by atoms with Crippen LogP contribution in [0.3, 0.4) is 0 Å². The lowest BCUT2D eigenvalue weighted by Gasteiger charge is -1.91. The van der Waals surface area contributed by atoms with Crippen molar-refractivity contribution in [2.75, 3.05) is 0 Å². The van der Waals surface area contributed by atoms with E-state index < -0.39 is 0 Å². The molecule has 0 aromatic heterocycles. The third-order valence-corrected chi connectivity index (χ3v) is 1.45. The van der Waals surface area contributed by atoms with Gasteiger partial charge in [-0.3, -0.25) is 0 Å². The van der Waals surface area contributed by atoms with Gasteiger partial charge in [-0.25, -0.2) is 0 Å². The minimum atomic E-state index is 0.882. The second kappa shape index (κ2) is 2.23. The zero-order chi connectivity index (χ0) is 5.98. The van der Waals surface area contributed by atoms with Crippen LogP contribution in [-0.2, 0) is 0 Å². The smallest absolute Gasteiger partial charge is 0.0155 e. The molecule has 0 saturated heterocycles. The van der Waals surface area contributed by atoms with E-state index in [1.54, 1.807) is 0 Å². The molecule has 8 heavy (non-hydrogen) atoms. The number of aryl methyl sites for hydroxylation is 1. The molecule has 0 heterocycles. The third kappa shape index (κ3) is 1.04. The van der Waals surface area contributed by atoms with Crippen molar-refractivity contribution in [3.05, 3.63) is 29.8 Å². The minimum absolute atomic E-state index is 0.882. The maximum atomic E-state index is 4.11. The number of thiol groups is 1. The van der Waals surface area contributed by atoms with Crippen molar-refractivity contribution < 1.29 is 0 Å². The quantitative estimate of drug-likeness (QED) is 0.499. The van der Waals surface area contributed by atoms with Gasteiger partial charge in [-0.05, 0) is 18.6 Å². The van der Waals surface area contributed by atoms with Crippen LogP contribution in [0.4, 0.5) is 0 Å². The fraction of sp³-hybridized carbons (Fsp3) is 0.143. The molecule has 2 radical (unpaired) electrons. The van der Waals surface area contributed by atoms with Crippen LogP contribution < -0.4 is 0 Å². The lowest BCUT2D eigenvalue weighted by Crippen LogP contribution is -1.71. The Kier molecular flexibility index (Phi) is 1.59. The summed E-state index contributed by atoms with van der Waals surface area (Å²) in [6.07, 6.45) is 0. The Hall–Kier alpha value is -0.430. The van der Waals surface area contributed by atoms with E-state index in [9.17, 15) is 0 Å². The Bertz CT molecular complexity index is 160. The second-order valence-electron chi connectivity index (χ2n) is 1.63. The molecular weight excluding hydrogens is 116 g/mol. The number of hydrogen-bond acceptors (Lipinski definition) is 1. The Morgan fingerprint density at radius 1 is 1.62 bits per heavy atom. The topological polar surface area (TPSA) is 0 Å². The average Bonchev–Trinajstić information content (AvgIpc) is 1.77. The van der Waals surface area contributed by atoms with Crippen molar-refractivity contribution in [2.45, 2.75) is 11.8 Å². The molecule has 0 spiro atoms. The Balaban J connectivity index is 3.13. The van der Waals surface area contributed by atoms with Gasteiger partial charge in [0.1, 0.15) is 0 Å². The molecular formula is C7H6S. The monoisotopic (exact) mass is 122 g/mol. The summed E-state index contributed by atoms with van der Waals surface area (Å²) in [6.45, 7) is 1.99. The molecule has 1 heteroatoms. The van der Waals surface area contributed by atoms with Gasteiger partial charge in [0.2, 0.25) is 0 Å². The van der Waals surface area contributed by atoms with Crippen LogP contribution in [0, 0.1) is 19.1 Å². The van der Waals surface area contributed by atoms with Crippen LogP contribution in [0.25, 0.3) is 0 Å². The van der Waals surface area contributed by atoms with E-state index in [1.807, 2.05) is 19.1 Å². The minimum Gasteiger partial charge on any atom is -0.142 e. The van der Waals surface area contributed by atoms with Gasteiger partial charge < -0.3 is 0 Å². The Morgan fingerprint density at radius 2 is 2.38 bits per heavy atom. The predicted octanol–water partition coefficient (Wildman–Crippen LogP) is 1.88. The van der Waals surface area contributed by atoms with Crippen LogP contribution in [-0.4, -0.2) is 0 Å². The third-order valence-electron chi connectivity index (χ3n) is 0.981. The van der Waals surface area contributed by atoms with E-state index in [1.165, 1.54) is 0 Å². The summed E-state index contributed by atoms with van der Waals surface area (Å²) in [5.74, 6) is 0. The van der Waals surface area contributed by atoms with E-state index in [4.69, 9.17) is 0 Å². The van der Waals surface area contributed by atoms with Crippen molar-refractivity contribution >= 4 is 12.6 Å². The molecule has 0 saturated carbocycles. The predicted molar refractivity (Wildman–Crippen MR) is 36.1 cm³/mol. The highest BCUT2D eigenvalue weighted by Gasteiger charge is 1.86. The highest BCUT2D eigenvalue weighted by atomic mass is 32.1. The first-order chi connectivity index (χ1) is 3.80. The molecule has 0 N–H and O–H groups in total. The fourth-order valence-electron chi connectivity index (χ4n) is 0.454. The molecule has 0 atom stereocenters. The molecule has 0 aliphatic carbocycles.